The first kappa shape index (κ1) is 21.5. The third-order valence-corrected chi connectivity index (χ3v) is 5.35. The molecule has 3 heterocycles. The van der Waals surface area contributed by atoms with Gasteiger partial charge in [-0.15, -0.1) is 0 Å². The molecule has 1 aromatic rings. The molecule has 1 aromatic heterocycles. The summed E-state index contributed by atoms with van der Waals surface area (Å²) < 4.78 is 32.1. The van der Waals surface area contributed by atoms with Gasteiger partial charge in [0.25, 0.3) is 5.92 Å². The molecule has 158 valence electrons. The Morgan fingerprint density at radius 1 is 1.41 bits per heavy atom. The van der Waals surface area contributed by atoms with Crippen molar-refractivity contribution in [2.24, 2.45) is 5.73 Å². The standard InChI is InChI=1S/C22H30F2N4O/c1-17-13-18(5-4-9-28-10-7-22(23,24)8-11-28)14-27-21(17)20(25)16-26-15-19-6-2-3-12-29-19/h13-14,16,19,26H,2-3,6-12,15,25H2,1H3/b20-16-. The molecular weight excluding hydrogens is 374 g/mol. The predicted octanol–water partition coefficient (Wildman–Crippen LogP) is 2.89. The van der Waals surface area contributed by atoms with E-state index in [-0.39, 0.29) is 18.9 Å². The second kappa shape index (κ2) is 10.0. The summed E-state index contributed by atoms with van der Waals surface area (Å²) in [4.78, 5) is 6.41. The molecule has 2 aliphatic rings. The van der Waals surface area contributed by atoms with E-state index in [2.05, 4.69) is 22.1 Å². The van der Waals surface area contributed by atoms with Crippen molar-refractivity contribution >= 4 is 5.70 Å². The Hall–Kier alpha value is -2.17. The van der Waals surface area contributed by atoms with Crippen LogP contribution in [0.4, 0.5) is 8.78 Å². The molecule has 29 heavy (non-hydrogen) atoms. The minimum Gasteiger partial charge on any atom is -0.396 e. The number of rotatable bonds is 5. The van der Waals surface area contributed by atoms with Crippen LogP contribution in [0, 0.1) is 18.8 Å². The second-order valence-corrected chi connectivity index (χ2v) is 7.82. The number of hydrogen-bond donors (Lipinski definition) is 2. The van der Waals surface area contributed by atoms with Crippen molar-refractivity contribution in [1.29, 1.82) is 0 Å². The smallest absolute Gasteiger partial charge is 0.250 e. The Morgan fingerprint density at radius 2 is 2.21 bits per heavy atom. The Labute approximate surface area is 171 Å². The fraction of sp³-hybridized carbons (Fsp3) is 0.591. The molecule has 3 N–H and O–H groups in total. The van der Waals surface area contributed by atoms with E-state index in [0.717, 1.165) is 42.8 Å². The number of nitrogens with two attached hydrogens (primary N) is 1. The average Bonchev–Trinajstić information content (AvgIpc) is 2.70. The lowest BCUT2D eigenvalue weighted by molar-refractivity contribution is -0.0527. The number of ether oxygens (including phenoxy) is 1. The van der Waals surface area contributed by atoms with E-state index >= 15 is 0 Å². The lowest BCUT2D eigenvalue weighted by Crippen LogP contribution is -2.39. The van der Waals surface area contributed by atoms with E-state index in [9.17, 15) is 8.78 Å². The van der Waals surface area contributed by atoms with E-state index in [1.54, 1.807) is 12.4 Å². The van der Waals surface area contributed by atoms with E-state index in [4.69, 9.17) is 10.5 Å². The molecular formula is C22H30F2N4O. The summed E-state index contributed by atoms with van der Waals surface area (Å²) in [6.07, 6.45) is 6.97. The zero-order valence-corrected chi connectivity index (χ0v) is 17.0. The molecule has 0 radical (unpaired) electrons. The van der Waals surface area contributed by atoms with E-state index in [0.29, 0.717) is 25.3 Å². The van der Waals surface area contributed by atoms with Gasteiger partial charge in [-0.2, -0.15) is 0 Å². The quantitative estimate of drug-likeness (QED) is 0.739. The van der Waals surface area contributed by atoms with Crippen LogP contribution in [0.5, 0.6) is 0 Å². The molecule has 1 unspecified atom stereocenters. The fourth-order valence-electron chi connectivity index (χ4n) is 3.57. The van der Waals surface area contributed by atoms with Crippen LogP contribution in [0.2, 0.25) is 0 Å². The van der Waals surface area contributed by atoms with E-state index in [1.165, 1.54) is 6.42 Å². The fourth-order valence-corrected chi connectivity index (χ4v) is 3.57. The van der Waals surface area contributed by atoms with Crippen molar-refractivity contribution in [3.63, 3.8) is 0 Å². The first-order valence-electron chi connectivity index (χ1n) is 10.3. The highest BCUT2D eigenvalue weighted by Crippen LogP contribution is 2.27. The normalized spacial score (nSPS) is 22.6. The van der Waals surface area contributed by atoms with Crippen molar-refractivity contribution in [2.45, 2.75) is 51.1 Å². The summed E-state index contributed by atoms with van der Waals surface area (Å²) in [5, 5.41) is 3.23. The van der Waals surface area contributed by atoms with Crippen molar-refractivity contribution in [2.75, 3.05) is 32.8 Å². The molecule has 0 bridgehead atoms. The molecule has 0 aromatic carbocycles. The lowest BCUT2D eigenvalue weighted by atomic mass is 10.1. The summed E-state index contributed by atoms with van der Waals surface area (Å²) in [5.74, 6) is 3.61. The largest absolute Gasteiger partial charge is 0.396 e. The maximum atomic E-state index is 13.2. The second-order valence-electron chi connectivity index (χ2n) is 7.82. The Morgan fingerprint density at radius 3 is 2.90 bits per heavy atom. The van der Waals surface area contributed by atoms with Crippen LogP contribution in [0.25, 0.3) is 5.70 Å². The van der Waals surface area contributed by atoms with E-state index in [1.807, 2.05) is 17.9 Å². The minimum atomic E-state index is -2.52. The van der Waals surface area contributed by atoms with Gasteiger partial charge in [0.2, 0.25) is 0 Å². The Bertz CT molecular complexity index is 769. The highest BCUT2D eigenvalue weighted by atomic mass is 19.3. The number of aryl methyl sites for hydroxylation is 1. The van der Waals surface area contributed by atoms with Crippen LogP contribution in [0.1, 0.15) is 48.9 Å². The first-order valence-corrected chi connectivity index (χ1v) is 10.3. The SMILES string of the molecule is Cc1cc(C#CCN2CCC(F)(F)CC2)cnc1/C(N)=C/NCC1CCCCO1. The topological polar surface area (TPSA) is 63.4 Å². The van der Waals surface area contributed by atoms with Gasteiger partial charge in [-0.3, -0.25) is 9.88 Å². The van der Waals surface area contributed by atoms with Crippen LogP contribution in [0.15, 0.2) is 18.5 Å². The molecule has 1 atom stereocenters. The zero-order valence-electron chi connectivity index (χ0n) is 17.0. The van der Waals surface area contributed by atoms with Gasteiger partial charge in [-0.05, 0) is 37.8 Å². The number of aromatic nitrogens is 1. The molecule has 2 aliphatic heterocycles. The number of hydrogen-bond acceptors (Lipinski definition) is 5. The van der Waals surface area contributed by atoms with Crippen LogP contribution in [-0.2, 0) is 4.74 Å². The first-order chi connectivity index (χ1) is 13.9. The van der Waals surface area contributed by atoms with Gasteiger partial charge in [-0.1, -0.05) is 11.8 Å². The van der Waals surface area contributed by atoms with Crippen LogP contribution in [0.3, 0.4) is 0 Å². The highest BCUT2D eigenvalue weighted by molar-refractivity contribution is 5.62. The molecule has 5 nitrogen and oxygen atoms in total. The number of halogens is 2. The maximum absolute atomic E-state index is 13.2. The average molecular weight is 405 g/mol. The van der Waals surface area contributed by atoms with Gasteiger partial charge < -0.3 is 15.8 Å². The number of alkyl halides is 2. The number of likely N-dealkylation sites (tertiary alicyclic amines) is 1. The monoisotopic (exact) mass is 404 g/mol. The Balaban J connectivity index is 1.51. The summed E-state index contributed by atoms with van der Waals surface area (Å²) in [5.41, 5.74) is 9.22. The van der Waals surface area contributed by atoms with Crippen molar-refractivity contribution in [3.8, 4) is 11.8 Å². The van der Waals surface area contributed by atoms with Crippen LogP contribution < -0.4 is 11.1 Å². The van der Waals surface area contributed by atoms with Gasteiger partial charge in [0, 0.05) is 57.0 Å². The van der Waals surface area contributed by atoms with Gasteiger partial charge in [-0.25, -0.2) is 8.78 Å². The van der Waals surface area contributed by atoms with Crippen molar-refractivity contribution in [1.82, 2.24) is 15.2 Å². The molecule has 0 spiro atoms. The number of nitrogens with zero attached hydrogens (tertiary/aromatic N) is 2. The number of nitrogens with one attached hydrogen (secondary N) is 1. The maximum Gasteiger partial charge on any atom is 0.250 e. The molecule has 3 rings (SSSR count). The highest BCUT2D eigenvalue weighted by Gasteiger charge is 2.33. The molecule has 7 heteroatoms. The number of piperidine rings is 1. The number of pyridine rings is 1. The summed E-state index contributed by atoms with van der Waals surface area (Å²) in [6.45, 7) is 4.79. The molecule has 0 amide bonds. The zero-order chi connectivity index (χ0) is 20.7. The summed E-state index contributed by atoms with van der Waals surface area (Å²) in [6, 6.07) is 1.95. The third kappa shape index (κ3) is 6.69. The lowest BCUT2D eigenvalue weighted by Gasteiger charge is -2.30. The van der Waals surface area contributed by atoms with Crippen LogP contribution in [-0.4, -0.2) is 54.7 Å². The van der Waals surface area contributed by atoms with Gasteiger partial charge in [0.15, 0.2) is 0 Å². The van der Waals surface area contributed by atoms with Crippen molar-refractivity contribution < 1.29 is 13.5 Å². The third-order valence-electron chi connectivity index (χ3n) is 5.35. The van der Waals surface area contributed by atoms with Crippen molar-refractivity contribution in [3.05, 3.63) is 35.3 Å². The van der Waals surface area contributed by atoms with Gasteiger partial charge >= 0.3 is 0 Å². The molecule has 2 fully saturated rings. The van der Waals surface area contributed by atoms with Gasteiger partial charge in [0.1, 0.15) is 0 Å². The molecule has 2 saturated heterocycles. The molecule has 0 saturated carbocycles. The Kier molecular flexibility index (Phi) is 7.45. The van der Waals surface area contributed by atoms with E-state index < -0.39 is 5.92 Å². The van der Waals surface area contributed by atoms with Crippen LogP contribution >= 0.6 is 0 Å². The summed E-state index contributed by atoms with van der Waals surface area (Å²) in [7, 11) is 0. The van der Waals surface area contributed by atoms with Gasteiger partial charge in [0.05, 0.1) is 24.0 Å². The minimum absolute atomic E-state index is 0.0867. The summed E-state index contributed by atoms with van der Waals surface area (Å²) >= 11 is 0. The molecule has 0 aliphatic carbocycles. The predicted molar refractivity (Wildman–Crippen MR) is 110 cm³/mol.